The topological polar surface area (TPSA) is 63.7 Å². The molecule has 0 aromatic heterocycles. The Hall–Kier alpha value is -2.54. The first kappa shape index (κ1) is 28.5. The van der Waals surface area contributed by atoms with Gasteiger partial charge in [0.15, 0.2) is 9.84 Å². The minimum absolute atomic E-state index is 0.0177. The van der Waals surface area contributed by atoms with E-state index in [0.29, 0.717) is 35.2 Å². The zero-order valence-corrected chi connectivity index (χ0v) is 23.9. The van der Waals surface area contributed by atoms with Gasteiger partial charge in [0.25, 0.3) is 5.91 Å². The Morgan fingerprint density at radius 1 is 0.974 bits per heavy atom. The van der Waals surface area contributed by atoms with E-state index >= 15 is 0 Å². The van der Waals surface area contributed by atoms with Gasteiger partial charge in [-0.3, -0.25) is 4.79 Å². The molecule has 5 nitrogen and oxygen atoms in total. The zero-order valence-electron chi connectivity index (χ0n) is 21.5. The van der Waals surface area contributed by atoms with Gasteiger partial charge < -0.3 is 9.64 Å². The number of benzene rings is 3. The van der Waals surface area contributed by atoms with Crippen LogP contribution in [0.5, 0.6) is 5.75 Å². The van der Waals surface area contributed by atoms with Crippen LogP contribution in [0.25, 0.3) is 11.1 Å². The van der Waals surface area contributed by atoms with Crippen molar-refractivity contribution >= 4 is 38.9 Å². The summed E-state index contributed by atoms with van der Waals surface area (Å²) in [5.74, 6) is 0.618. The number of carbonyl (C=O) groups is 1. The van der Waals surface area contributed by atoms with E-state index in [1.165, 1.54) is 12.8 Å². The fraction of sp³-hybridized carbons (Fsp3) is 0.367. The molecule has 1 saturated heterocycles. The summed E-state index contributed by atoms with van der Waals surface area (Å²) in [5, 5.41) is 1.13. The van der Waals surface area contributed by atoms with Gasteiger partial charge in [-0.15, -0.1) is 0 Å². The van der Waals surface area contributed by atoms with Crippen LogP contribution in [0.15, 0.2) is 66.7 Å². The molecule has 4 rings (SSSR count). The third kappa shape index (κ3) is 7.52. The summed E-state index contributed by atoms with van der Waals surface area (Å²) in [6.45, 7) is 3.13. The van der Waals surface area contributed by atoms with Crippen molar-refractivity contribution in [2.75, 3.05) is 18.1 Å². The van der Waals surface area contributed by atoms with Crippen molar-refractivity contribution in [3.8, 4) is 16.9 Å². The molecule has 1 heterocycles. The van der Waals surface area contributed by atoms with Gasteiger partial charge >= 0.3 is 0 Å². The molecule has 1 unspecified atom stereocenters. The number of unbranched alkanes of at least 4 members (excludes halogenated alkanes) is 3. The summed E-state index contributed by atoms with van der Waals surface area (Å²) in [6.07, 6.45) is 4.95. The predicted molar refractivity (Wildman–Crippen MR) is 155 cm³/mol. The molecular weight excluding hydrogens is 541 g/mol. The summed E-state index contributed by atoms with van der Waals surface area (Å²) in [4.78, 5) is 15.3. The van der Waals surface area contributed by atoms with Gasteiger partial charge in [0.05, 0.1) is 18.1 Å². The van der Waals surface area contributed by atoms with Crippen molar-refractivity contribution in [3.05, 3.63) is 87.9 Å². The summed E-state index contributed by atoms with van der Waals surface area (Å²) in [6, 6.07) is 19.9. The van der Waals surface area contributed by atoms with Gasteiger partial charge in [-0.25, -0.2) is 8.42 Å². The molecule has 0 bridgehead atoms. The van der Waals surface area contributed by atoms with Crippen molar-refractivity contribution in [2.45, 2.75) is 51.6 Å². The van der Waals surface area contributed by atoms with Gasteiger partial charge in [0.1, 0.15) is 5.75 Å². The van der Waals surface area contributed by atoms with Gasteiger partial charge in [0, 0.05) is 33.8 Å². The number of rotatable bonds is 11. The molecule has 38 heavy (non-hydrogen) atoms. The molecule has 1 aliphatic rings. The van der Waals surface area contributed by atoms with Crippen LogP contribution < -0.4 is 4.74 Å². The quantitative estimate of drug-likeness (QED) is 0.223. The van der Waals surface area contributed by atoms with Crippen LogP contribution in [0.1, 0.15) is 54.9 Å². The average Bonchev–Trinajstić information content (AvgIpc) is 3.27. The first-order valence-corrected chi connectivity index (χ1v) is 15.6. The van der Waals surface area contributed by atoms with Crippen LogP contribution in [0.2, 0.25) is 10.0 Å². The third-order valence-electron chi connectivity index (χ3n) is 6.83. The van der Waals surface area contributed by atoms with Crippen LogP contribution >= 0.6 is 23.2 Å². The van der Waals surface area contributed by atoms with E-state index in [2.05, 4.69) is 6.92 Å². The van der Waals surface area contributed by atoms with Crippen molar-refractivity contribution in [2.24, 2.45) is 0 Å². The van der Waals surface area contributed by atoms with Crippen LogP contribution in [0, 0.1) is 0 Å². The van der Waals surface area contributed by atoms with Gasteiger partial charge in [-0.2, -0.15) is 0 Å². The van der Waals surface area contributed by atoms with Gasteiger partial charge in [-0.05, 0) is 60.4 Å². The first-order chi connectivity index (χ1) is 18.3. The number of ether oxygens (including phenoxy) is 1. The second kappa shape index (κ2) is 13.0. The number of sulfone groups is 1. The maximum absolute atomic E-state index is 13.6. The minimum Gasteiger partial charge on any atom is -0.494 e. The molecule has 0 saturated carbocycles. The highest BCUT2D eigenvalue weighted by atomic mass is 35.5. The fourth-order valence-electron chi connectivity index (χ4n) is 4.68. The Balaban J connectivity index is 1.49. The lowest BCUT2D eigenvalue weighted by Gasteiger charge is -2.29. The summed E-state index contributed by atoms with van der Waals surface area (Å²) in [7, 11) is -3.16. The molecule has 202 valence electrons. The Morgan fingerprint density at radius 3 is 2.34 bits per heavy atom. The highest BCUT2D eigenvalue weighted by molar-refractivity contribution is 7.91. The first-order valence-electron chi connectivity index (χ1n) is 13.0. The molecular formula is C30H33Cl2NO4S. The SMILES string of the molecule is CCCCCCOc1ccc(C(=O)N(Cc2ccc(-c3ccc(Cl)cc3Cl)cc2)C2CCS(=O)(=O)C2)cc1. The Morgan fingerprint density at radius 2 is 1.71 bits per heavy atom. The Labute approximate surface area is 235 Å². The highest BCUT2D eigenvalue weighted by Crippen LogP contribution is 2.31. The molecule has 0 aliphatic carbocycles. The highest BCUT2D eigenvalue weighted by Gasteiger charge is 2.35. The fourth-order valence-corrected chi connectivity index (χ4v) is 6.92. The average molecular weight is 575 g/mol. The van der Waals surface area contributed by atoms with E-state index in [-0.39, 0.29) is 23.5 Å². The number of nitrogens with zero attached hydrogens (tertiary/aromatic N) is 1. The lowest BCUT2D eigenvalue weighted by Crippen LogP contribution is -2.40. The number of hydrogen-bond acceptors (Lipinski definition) is 4. The smallest absolute Gasteiger partial charge is 0.254 e. The molecule has 0 radical (unpaired) electrons. The largest absolute Gasteiger partial charge is 0.494 e. The molecule has 1 amide bonds. The lowest BCUT2D eigenvalue weighted by molar-refractivity contribution is 0.0681. The van der Waals surface area contributed by atoms with E-state index in [1.54, 1.807) is 41.3 Å². The van der Waals surface area contributed by atoms with E-state index in [4.69, 9.17) is 27.9 Å². The minimum atomic E-state index is -3.16. The molecule has 1 fully saturated rings. The molecule has 8 heteroatoms. The van der Waals surface area contributed by atoms with Crippen LogP contribution in [0.4, 0.5) is 0 Å². The maximum atomic E-state index is 13.6. The summed E-state index contributed by atoms with van der Waals surface area (Å²) >= 11 is 12.4. The number of halogens is 2. The van der Waals surface area contributed by atoms with E-state index in [9.17, 15) is 13.2 Å². The van der Waals surface area contributed by atoms with Crippen LogP contribution in [-0.2, 0) is 16.4 Å². The van der Waals surface area contributed by atoms with Crippen molar-refractivity contribution in [3.63, 3.8) is 0 Å². The molecule has 0 spiro atoms. The number of hydrogen-bond donors (Lipinski definition) is 0. The monoisotopic (exact) mass is 573 g/mol. The van der Waals surface area contributed by atoms with Crippen molar-refractivity contribution < 1.29 is 17.9 Å². The summed E-state index contributed by atoms with van der Waals surface area (Å²) in [5.41, 5.74) is 3.22. The maximum Gasteiger partial charge on any atom is 0.254 e. The zero-order chi connectivity index (χ0) is 27.1. The van der Waals surface area contributed by atoms with E-state index < -0.39 is 9.84 Å². The number of amides is 1. The molecule has 3 aromatic rings. The van der Waals surface area contributed by atoms with Crippen LogP contribution in [-0.4, -0.2) is 43.4 Å². The third-order valence-corrected chi connectivity index (χ3v) is 9.13. The number of carbonyl (C=O) groups excluding carboxylic acids is 1. The second-order valence-corrected chi connectivity index (χ2v) is 12.8. The lowest BCUT2D eigenvalue weighted by atomic mass is 10.0. The standard InChI is InChI=1S/C30H33Cl2NO4S/c1-2-3-4-5-17-37-27-13-10-24(11-14-27)30(34)33(26-16-18-38(35,36)21-26)20-22-6-8-23(9-7-22)28-15-12-25(31)19-29(28)32/h6-15,19,26H,2-5,16-18,20-21H2,1H3. The van der Waals surface area contributed by atoms with E-state index in [1.807, 2.05) is 30.3 Å². The molecule has 3 aromatic carbocycles. The van der Waals surface area contributed by atoms with Gasteiger partial charge in [0.2, 0.25) is 0 Å². The summed E-state index contributed by atoms with van der Waals surface area (Å²) < 4.78 is 30.3. The molecule has 1 atom stereocenters. The second-order valence-electron chi connectivity index (χ2n) is 9.74. The normalized spacial score (nSPS) is 16.3. The van der Waals surface area contributed by atoms with E-state index in [0.717, 1.165) is 35.3 Å². The molecule has 1 aliphatic heterocycles. The van der Waals surface area contributed by atoms with Crippen LogP contribution in [0.3, 0.4) is 0 Å². The Kier molecular flexibility index (Phi) is 9.74. The molecule has 0 N–H and O–H groups in total. The van der Waals surface area contributed by atoms with Gasteiger partial charge in [-0.1, -0.05) is 79.7 Å². The predicted octanol–water partition coefficient (Wildman–Crippen LogP) is 7.45. The van der Waals surface area contributed by atoms with Crippen molar-refractivity contribution in [1.29, 1.82) is 0 Å². The Bertz CT molecular complexity index is 1340. The van der Waals surface area contributed by atoms with Crippen molar-refractivity contribution in [1.82, 2.24) is 4.90 Å².